The Balaban J connectivity index is 2.07. The van der Waals surface area contributed by atoms with Gasteiger partial charge in [-0.2, -0.15) is 0 Å². The van der Waals surface area contributed by atoms with Crippen molar-refractivity contribution in [2.45, 2.75) is 13.5 Å². The molecule has 96 valence electrons. The van der Waals surface area contributed by atoms with E-state index in [4.69, 9.17) is 0 Å². The van der Waals surface area contributed by atoms with Crippen molar-refractivity contribution in [1.82, 2.24) is 19.3 Å². The fourth-order valence-corrected chi connectivity index (χ4v) is 2.23. The second-order valence-corrected chi connectivity index (χ2v) is 4.56. The molecule has 0 saturated carbocycles. The summed E-state index contributed by atoms with van der Waals surface area (Å²) >= 11 is 0. The zero-order valence-corrected chi connectivity index (χ0v) is 10.9. The van der Waals surface area contributed by atoms with Crippen LogP contribution in [-0.2, 0) is 13.6 Å². The standard InChI is InChI=1S/C14H14N4O/c1-10-15-16-14(17(10)2)8-18-7-6-12-11(9-19)4-3-5-13(12)18/h3-7,9H,8H2,1-2H3. The molecule has 2 aromatic heterocycles. The molecule has 5 heteroatoms. The average molecular weight is 254 g/mol. The average Bonchev–Trinajstić information content (AvgIpc) is 2.97. The van der Waals surface area contributed by atoms with Gasteiger partial charge in [0.15, 0.2) is 12.1 Å². The fraction of sp³-hybridized carbons (Fsp3) is 0.214. The van der Waals surface area contributed by atoms with Crippen molar-refractivity contribution in [2.24, 2.45) is 7.05 Å². The van der Waals surface area contributed by atoms with E-state index in [0.717, 1.165) is 28.8 Å². The third-order valence-electron chi connectivity index (χ3n) is 3.47. The van der Waals surface area contributed by atoms with Crippen LogP contribution >= 0.6 is 0 Å². The van der Waals surface area contributed by atoms with E-state index in [1.54, 1.807) is 0 Å². The highest BCUT2D eigenvalue weighted by molar-refractivity contribution is 5.97. The molecule has 0 bridgehead atoms. The molecule has 19 heavy (non-hydrogen) atoms. The lowest BCUT2D eigenvalue weighted by molar-refractivity contribution is 0.112. The quantitative estimate of drug-likeness (QED) is 0.671. The van der Waals surface area contributed by atoms with Crippen LogP contribution in [0.1, 0.15) is 22.0 Å². The van der Waals surface area contributed by atoms with Gasteiger partial charge in [-0.15, -0.1) is 10.2 Å². The number of benzene rings is 1. The second kappa shape index (κ2) is 4.35. The molecule has 2 heterocycles. The summed E-state index contributed by atoms with van der Waals surface area (Å²) in [7, 11) is 1.95. The highest BCUT2D eigenvalue weighted by Crippen LogP contribution is 2.19. The molecule has 0 saturated heterocycles. The largest absolute Gasteiger partial charge is 0.340 e. The monoisotopic (exact) mass is 254 g/mol. The molecule has 0 radical (unpaired) electrons. The van der Waals surface area contributed by atoms with Crippen LogP contribution in [0.5, 0.6) is 0 Å². The molecule has 0 aliphatic heterocycles. The molecule has 3 rings (SSSR count). The summed E-state index contributed by atoms with van der Waals surface area (Å²) in [6.07, 6.45) is 2.86. The number of carbonyl (C=O) groups is 1. The van der Waals surface area contributed by atoms with Crippen molar-refractivity contribution in [3.63, 3.8) is 0 Å². The van der Waals surface area contributed by atoms with Crippen molar-refractivity contribution < 1.29 is 4.79 Å². The highest BCUT2D eigenvalue weighted by Gasteiger charge is 2.09. The first-order valence-corrected chi connectivity index (χ1v) is 6.08. The van der Waals surface area contributed by atoms with Crippen molar-refractivity contribution in [2.75, 3.05) is 0 Å². The summed E-state index contributed by atoms with van der Waals surface area (Å²) in [5.74, 6) is 1.78. The first-order valence-electron chi connectivity index (χ1n) is 6.08. The molecule has 1 aromatic carbocycles. The maximum absolute atomic E-state index is 11.0. The Morgan fingerprint density at radius 1 is 1.26 bits per heavy atom. The Kier molecular flexibility index (Phi) is 2.67. The van der Waals surface area contributed by atoms with E-state index >= 15 is 0 Å². The van der Waals surface area contributed by atoms with Crippen molar-refractivity contribution in [1.29, 1.82) is 0 Å². The highest BCUT2D eigenvalue weighted by atomic mass is 16.1. The molecule has 0 aliphatic carbocycles. The van der Waals surface area contributed by atoms with Crippen molar-refractivity contribution in [3.8, 4) is 0 Å². The molecule has 0 fully saturated rings. The Bertz CT molecular complexity index is 754. The number of aldehydes is 1. The number of rotatable bonds is 3. The molecule has 5 nitrogen and oxygen atoms in total. The number of aromatic nitrogens is 4. The molecule has 3 aromatic rings. The van der Waals surface area contributed by atoms with E-state index in [1.807, 2.05) is 49.0 Å². The van der Waals surface area contributed by atoms with Gasteiger partial charge in [-0.1, -0.05) is 12.1 Å². The van der Waals surface area contributed by atoms with E-state index in [2.05, 4.69) is 14.8 Å². The van der Waals surface area contributed by atoms with Gasteiger partial charge in [0.05, 0.1) is 6.54 Å². The lowest BCUT2D eigenvalue weighted by Crippen LogP contribution is -2.05. The van der Waals surface area contributed by atoms with Gasteiger partial charge in [-0.25, -0.2) is 0 Å². The molecule has 0 unspecified atom stereocenters. The van der Waals surface area contributed by atoms with Crippen LogP contribution in [0.3, 0.4) is 0 Å². The first-order chi connectivity index (χ1) is 9.20. The Morgan fingerprint density at radius 2 is 2.11 bits per heavy atom. The van der Waals surface area contributed by atoms with Crippen molar-refractivity contribution >= 4 is 17.2 Å². The first kappa shape index (κ1) is 11.6. The number of fused-ring (bicyclic) bond motifs is 1. The van der Waals surface area contributed by atoms with Gasteiger partial charge in [0, 0.05) is 29.7 Å². The van der Waals surface area contributed by atoms with Crippen LogP contribution in [0.15, 0.2) is 30.5 Å². The SMILES string of the molecule is Cc1nnc(Cn2ccc3c(C=O)cccc32)n1C. The topological polar surface area (TPSA) is 52.7 Å². The third kappa shape index (κ3) is 1.83. The zero-order valence-electron chi connectivity index (χ0n) is 10.9. The number of carbonyl (C=O) groups excluding carboxylic acids is 1. The summed E-state index contributed by atoms with van der Waals surface area (Å²) in [6, 6.07) is 7.69. The Labute approximate surface area is 110 Å². The van der Waals surface area contributed by atoms with Crippen LogP contribution in [0, 0.1) is 6.92 Å². The Hall–Kier alpha value is -2.43. The molecule has 0 aliphatic rings. The minimum Gasteiger partial charge on any atom is -0.340 e. The molecule has 0 atom stereocenters. The molecule has 0 spiro atoms. The molecular formula is C14H14N4O. The lowest BCUT2D eigenvalue weighted by Gasteiger charge is -2.05. The normalized spacial score (nSPS) is 11.1. The smallest absolute Gasteiger partial charge is 0.152 e. The summed E-state index contributed by atoms with van der Waals surface area (Å²) < 4.78 is 4.04. The summed E-state index contributed by atoms with van der Waals surface area (Å²) in [5, 5.41) is 9.18. The fourth-order valence-electron chi connectivity index (χ4n) is 2.23. The third-order valence-corrected chi connectivity index (χ3v) is 3.47. The molecular weight excluding hydrogens is 240 g/mol. The minimum absolute atomic E-state index is 0.642. The van der Waals surface area contributed by atoms with E-state index < -0.39 is 0 Å². The summed E-state index contributed by atoms with van der Waals surface area (Å²) in [5.41, 5.74) is 1.75. The lowest BCUT2D eigenvalue weighted by atomic mass is 10.1. The van der Waals surface area contributed by atoms with E-state index in [1.165, 1.54) is 0 Å². The zero-order chi connectivity index (χ0) is 13.4. The van der Waals surface area contributed by atoms with Gasteiger partial charge in [-0.3, -0.25) is 4.79 Å². The molecule has 0 N–H and O–H groups in total. The maximum atomic E-state index is 11.0. The van der Waals surface area contributed by atoms with E-state index in [0.29, 0.717) is 12.1 Å². The van der Waals surface area contributed by atoms with Crippen molar-refractivity contribution in [3.05, 3.63) is 47.7 Å². The maximum Gasteiger partial charge on any atom is 0.152 e. The van der Waals surface area contributed by atoms with Crippen LogP contribution in [-0.4, -0.2) is 25.6 Å². The van der Waals surface area contributed by atoms with E-state index in [9.17, 15) is 4.79 Å². The molecule has 0 amide bonds. The minimum atomic E-state index is 0.642. The van der Waals surface area contributed by atoms with Gasteiger partial charge in [0.2, 0.25) is 0 Å². The van der Waals surface area contributed by atoms with Crippen LogP contribution < -0.4 is 0 Å². The van der Waals surface area contributed by atoms with Crippen LogP contribution in [0.25, 0.3) is 10.9 Å². The van der Waals surface area contributed by atoms with Gasteiger partial charge in [-0.05, 0) is 19.1 Å². The number of hydrogen-bond donors (Lipinski definition) is 0. The number of nitrogens with zero attached hydrogens (tertiary/aromatic N) is 4. The Morgan fingerprint density at radius 3 is 2.79 bits per heavy atom. The summed E-state index contributed by atoms with van der Waals surface area (Å²) in [6.45, 7) is 2.57. The second-order valence-electron chi connectivity index (χ2n) is 4.56. The van der Waals surface area contributed by atoms with Crippen LogP contribution in [0.2, 0.25) is 0 Å². The van der Waals surface area contributed by atoms with Gasteiger partial charge in [0.25, 0.3) is 0 Å². The van der Waals surface area contributed by atoms with E-state index in [-0.39, 0.29) is 0 Å². The van der Waals surface area contributed by atoms with Gasteiger partial charge < -0.3 is 9.13 Å². The summed E-state index contributed by atoms with van der Waals surface area (Å²) in [4.78, 5) is 11.0. The number of aryl methyl sites for hydroxylation is 1. The number of hydrogen-bond acceptors (Lipinski definition) is 3. The predicted molar refractivity (Wildman–Crippen MR) is 72.2 cm³/mol. The predicted octanol–water partition coefficient (Wildman–Crippen LogP) is 1.94. The van der Waals surface area contributed by atoms with Crippen LogP contribution in [0.4, 0.5) is 0 Å². The van der Waals surface area contributed by atoms with Gasteiger partial charge in [0.1, 0.15) is 5.82 Å². The van der Waals surface area contributed by atoms with Gasteiger partial charge >= 0.3 is 0 Å².